The third kappa shape index (κ3) is 3.43. The Morgan fingerprint density at radius 3 is 2.40 bits per heavy atom. The Morgan fingerprint density at radius 1 is 1.08 bits per heavy atom. The predicted molar refractivity (Wildman–Crippen MR) is 90.3 cm³/mol. The normalized spacial score (nSPS) is 11.2. The summed E-state index contributed by atoms with van der Waals surface area (Å²) in [6, 6.07) is 12.0. The minimum absolute atomic E-state index is 0.358. The summed E-state index contributed by atoms with van der Waals surface area (Å²) < 4.78 is 39.6. The van der Waals surface area contributed by atoms with Crippen molar-refractivity contribution >= 4 is 16.7 Å². The molecule has 0 aliphatic heterocycles. The molecule has 0 fully saturated rings. The molecule has 0 aliphatic carbocycles. The molecule has 0 amide bonds. The number of aryl methyl sites for hydroxylation is 1. The van der Waals surface area contributed by atoms with E-state index in [9.17, 15) is 18.0 Å². The van der Waals surface area contributed by atoms with Gasteiger partial charge in [-0.3, -0.25) is 4.79 Å². The number of carbonyl (C=O) groups excluding carboxylic acids is 1. The number of Topliss-reactive ketones (excluding diaryl/α,β-unsaturated/α-hetero) is 1. The zero-order valence-electron chi connectivity index (χ0n) is 13.4. The molecule has 0 atom stereocenters. The third-order valence-electron chi connectivity index (χ3n) is 3.91. The van der Waals surface area contributed by atoms with Crippen molar-refractivity contribution in [3.8, 4) is 11.8 Å². The number of rotatable bonds is 2. The van der Waals surface area contributed by atoms with Crippen LogP contribution < -0.4 is 0 Å². The van der Waals surface area contributed by atoms with E-state index in [-0.39, 0.29) is 5.78 Å². The van der Waals surface area contributed by atoms with Crippen molar-refractivity contribution < 1.29 is 18.0 Å². The fraction of sp³-hybridized carbons (Fsp3) is 0.150. The number of alkyl halides is 3. The number of para-hydroxylation sites is 1. The Bertz CT molecular complexity index is 986. The Labute approximate surface area is 142 Å². The number of hydrogen-bond donors (Lipinski definition) is 0. The first kappa shape index (κ1) is 16.8. The molecular formula is C20H14F3NO. The monoisotopic (exact) mass is 341 g/mol. The van der Waals surface area contributed by atoms with Crippen LogP contribution in [0.2, 0.25) is 0 Å². The van der Waals surface area contributed by atoms with Crippen LogP contribution in [0.25, 0.3) is 10.9 Å². The van der Waals surface area contributed by atoms with Crippen molar-refractivity contribution in [3.05, 3.63) is 71.4 Å². The van der Waals surface area contributed by atoms with Gasteiger partial charge in [0.2, 0.25) is 5.78 Å². The maximum atomic E-state index is 12.5. The van der Waals surface area contributed by atoms with Crippen LogP contribution in [-0.2, 0) is 12.7 Å². The summed E-state index contributed by atoms with van der Waals surface area (Å²) in [6.07, 6.45) is -2.63. The molecule has 0 unspecified atom stereocenters. The maximum Gasteiger partial charge on any atom is 0.416 e. The highest BCUT2D eigenvalue weighted by Gasteiger charge is 2.29. The molecule has 0 bridgehead atoms. The number of nitrogens with zero attached hydrogens (tertiary/aromatic N) is 1. The Kier molecular flexibility index (Phi) is 4.37. The van der Waals surface area contributed by atoms with Gasteiger partial charge in [0.25, 0.3) is 0 Å². The highest BCUT2D eigenvalue weighted by Crippen LogP contribution is 2.29. The summed E-state index contributed by atoms with van der Waals surface area (Å²) >= 11 is 0. The molecule has 0 saturated carbocycles. The number of halogens is 3. The molecule has 2 aromatic carbocycles. The van der Waals surface area contributed by atoms with Crippen LogP contribution in [0, 0.1) is 11.8 Å². The molecular weight excluding hydrogens is 327 g/mol. The summed E-state index contributed by atoms with van der Waals surface area (Å²) in [7, 11) is 0. The van der Waals surface area contributed by atoms with Gasteiger partial charge in [0.15, 0.2) is 0 Å². The average Bonchev–Trinajstić information content (AvgIpc) is 2.98. The first-order valence-electron chi connectivity index (χ1n) is 7.71. The Morgan fingerprint density at radius 2 is 1.76 bits per heavy atom. The van der Waals surface area contributed by atoms with Gasteiger partial charge in [0, 0.05) is 29.2 Å². The van der Waals surface area contributed by atoms with Crippen molar-refractivity contribution in [2.75, 3.05) is 0 Å². The second-order valence-corrected chi connectivity index (χ2v) is 5.50. The molecule has 25 heavy (non-hydrogen) atoms. The summed E-state index contributed by atoms with van der Waals surface area (Å²) in [5, 5.41) is 0.816. The molecule has 5 heteroatoms. The van der Waals surface area contributed by atoms with Gasteiger partial charge in [-0.25, -0.2) is 0 Å². The van der Waals surface area contributed by atoms with Gasteiger partial charge in [-0.15, -0.1) is 0 Å². The van der Waals surface area contributed by atoms with Crippen LogP contribution in [0.5, 0.6) is 0 Å². The first-order valence-corrected chi connectivity index (χ1v) is 7.71. The molecule has 126 valence electrons. The van der Waals surface area contributed by atoms with Gasteiger partial charge in [0.1, 0.15) is 0 Å². The Balaban J connectivity index is 1.90. The van der Waals surface area contributed by atoms with Crippen LogP contribution >= 0.6 is 0 Å². The number of hydrogen-bond acceptors (Lipinski definition) is 1. The number of carbonyl (C=O) groups is 1. The third-order valence-corrected chi connectivity index (χ3v) is 3.91. The SMILES string of the molecule is CCn1cc(C(=O)C#Cc2ccc(C(F)(F)F)cc2)c2ccccc21. The lowest BCUT2D eigenvalue weighted by Gasteiger charge is -2.05. The van der Waals surface area contributed by atoms with Crippen molar-refractivity contribution in [1.29, 1.82) is 0 Å². The van der Waals surface area contributed by atoms with Crippen molar-refractivity contribution in [2.24, 2.45) is 0 Å². The largest absolute Gasteiger partial charge is 0.416 e. The predicted octanol–water partition coefficient (Wildman–Crippen LogP) is 4.91. The smallest absolute Gasteiger partial charge is 0.347 e. The van der Waals surface area contributed by atoms with Crippen LogP contribution in [0.4, 0.5) is 13.2 Å². The summed E-state index contributed by atoms with van der Waals surface area (Å²) in [5.74, 6) is 4.80. The van der Waals surface area contributed by atoms with Crippen molar-refractivity contribution in [1.82, 2.24) is 4.57 Å². The topological polar surface area (TPSA) is 22.0 Å². The number of fused-ring (bicyclic) bond motifs is 1. The molecule has 0 aliphatic rings. The van der Waals surface area contributed by atoms with Gasteiger partial charge in [-0.05, 0) is 43.2 Å². The van der Waals surface area contributed by atoms with Crippen LogP contribution in [0.3, 0.4) is 0 Å². The number of benzene rings is 2. The molecule has 1 heterocycles. The molecule has 0 N–H and O–H groups in total. The lowest BCUT2D eigenvalue weighted by atomic mass is 10.1. The van der Waals surface area contributed by atoms with E-state index < -0.39 is 11.7 Å². The number of ketones is 1. The maximum absolute atomic E-state index is 12.5. The van der Waals surface area contributed by atoms with E-state index in [1.807, 2.05) is 35.8 Å². The van der Waals surface area contributed by atoms with Gasteiger partial charge in [-0.2, -0.15) is 13.2 Å². The van der Waals surface area contributed by atoms with E-state index in [1.165, 1.54) is 12.1 Å². The fourth-order valence-corrected chi connectivity index (χ4v) is 2.63. The van der Waals surface area contributed by atoms with Crippen molar-refractivity contribution in [3.63, 3.8) is 0 Å². The van der Waals surface area contributed by atoms with Crippen molar-refractivity contribution in [2.45, 2.75) is 19.6 Å². The van der Waals surface area contributed by atoms with Crippen LogP contribution in [-0.4, -0.2) is 10.4 Å². The summed E-state index contributed by atoms with van der Waals surface area (Å²) in [6.45, 7) is 2.70. The average molecular weight is 341 g/mol. The van der Waals surface area contributed by atoms with E-state index in [0.717, 1.165) is 29.6 Å². The summed E-state index contributed by atoms with van der Waals surface area (Å²) in [5.41, 5.74) is 1.07. The second-order valence-electron chi connectivity index (χ2n) is 5.50. The van der Waals surface area contributed by atoms with E-state index in [1.54, 1.807) is 6.20 Å². The lowest BCUT2D eigenvalue weighted by Crippen LogP contribution is -2.04. The highest BCUT2D eigenvalue weighted by molar-refractivity contribution is 6.16. The Hall–Kier alpha value is -3.00. The van der Waals surface area contributed by atoms with Gasteiger partial charge in [0.05, 0.1) is 11.1 Å². The quantitative estimate of drug-likeness (QED) is 0.479. The lowest BCUT2D eigenvalue weighted by molar-refractivity contribution is -0.137. The van der Waals surface area contributed by atoms with E-state index in [0.29, 0.717) is 11.1 Å². The van der Waals surface area contributed by atoms with Gasteiger partial charge >= 0.3 is 6.18 Å². The minimum atomic E-state index is -4.39. The number of aromatic nitrogens is 1. The van der Waals surface area contributed by atoms with E-state index in [4.69, 9.17) is 0 Å². The highest BCUT2D eigenvalue weighted by atomic mass is 19.4. The van der Waals surface area contributed by atoms with Gasteiger partial charge in [-0.1, -0.05) is 24.1 Å². The van der Waals surface area contributed by atoms with E-state index in [2.05, 4.69) is 11.8 Å². The fourth-order valence-electron chi connectivity index (χ4n) is 2.63. The zero-order chi connectivity index (χ0) is 18.0. The molecule has 3 aromatic rings. The molecule has 0 saturated heterocycles. The second kappa shape index (κ2) is 6.48. The van der Waals surface area contributed by atoms with Crippen LogP contribution in [0.15, 0.2) is 54.7 Å². The van der Waals surface area contributed by atoms with E-state index >= 15 is 0 Å². The zero-order valence-corrected chi connectivity index (χ0v) is 13.4. The first-order chi connectivity index (χ1) is 11.9. The molecule has 2 nitrogen and oxygen atoms in total. The minimum Gasteiger partial charge on any atom is -0.347 e. The standard InChI is InChI=1S/C20H14F3NO/c1-2-24-13-17(16-5-3-4-6-18(16)24)19(25)12-9-14-7-10-15(11-8-14)20(21,22)23/h3-8,10-11,13H,2H2,1H3. The molecule has 0 radical (unpaired) electrons. The molecule has 1 aromatic heterocycles. The molecule has 0 spiro atoms. The molecule has 3 rings (SSSR count). The van der Waals surface area contributed by atoms with Crippen LogP contribution in [0.1, 0.15) is 28.4 Å². The summed E-state index contributed by atoms with van der Waals surface area (Å²) in [4.78, 5) is 12.4. The van der Waals surface area contributed by atoms with Gasteiger partial charge < -0.3 is 4.57 Å².